The predicted molar refractivity (Wildman–Crippen MR) is 33.1 cm³/mol. The molecule has 0 aromatic heterocycles. The van der Waals surface area contributed by atoms with Crippen molar-refractivity contribution < 1.29 is 14.7 Å². The first kappa shape index (κ1) is 7.46. The summed E-state index contributed by atoms with van der Waals surface area (Å²) in [7, 11) is 0. The molecule has 10 heavy (non-hydrogen) atoms. The third-order valence-electron chi connectivity index (χ3n) is 1.58. The zero-order valence-electron chi connectivity index (χ0n) is 5.41. The average molecular weight is 146 g/mol. The maximum Gasteiger partial charge on any atom is 0.320 e. The third-order valence-corrected chi connectivity index (χ3v) is 1.58. The van der Waals surface area contributed by atoms with Gasteiger partial charge in [-0.15, -0.1) is 0 Å². The molecule has 1 saturated heterocycles. The summed E-state index contributed by atoms with van der Waals surface area (Å²) in [4.78, 5) is 14.8. The van der Waals surface area contributed by atoms with Crippen LogP contribution in [0.4, 0.5) is 0 Å². The first-order valence-corrected chi connectivity index (χ1v) is 3.05. The van der Waals surface area contributed by atoms with Gasteiger partial charge in [0.25, 0.3) is 0 Å². The lowest BCUT2D eigenvalue weighted by atomic mass is 10.2. The number of nitrogens with one attached hydrogen (secondary N) is 1. The van der Waals surface area contributed by atoms with E-state index in [4.69, 9.17) is 11.0 Å². The van der Waals surface area contributed by atoms with Crippen molar-refractivity contribution in [1.82, 2.24) is 5.32 Å². The Morgan fingerprint density at radius 1 is 1.80 bits per heavy atom. The molecule has 0 amide bonds. The quantitative estimate of drug-likeness (QED) is 0.421. The molecule has 1 aliphatic heterocycles. The van der Waals surface area contributed by atoms with Gasteiger partial charge < -0.3 is 10.4 Å². The number of nitrogens with two attached hydrogens (primary N) is 1. The summed E-state index contributed by atoms with van der Waals surface area (Å²) in [5.74, 6) is 4.02. The first-order chi connectivity index (χ1) is 4.74. The van der Waals surface area contributed by atoms with E-state index in [1.807, 2.05) is 0 Å². The molecule has 0 aromatic rings. The summed E-state index contributed by atoms with van der Waals surface area (Å²) in [5, 5.41) is 11.2. The van der Waals surface area contributed by atoms with Gasteiger partial charge in [0.15, 0.2) is 0 Å². The first-order valence-electron chi connectivity index (χ1n) is 3.05. The van der Waals surface area contributed by atoms with Gasteiger partial charge >= 0.3 is 5.97 Å². The Morgan fingerprint density at radius 2 is 2.50 bits per heavy atom. The number of carbonyl (C=O) groups is 1. The summed E-state index contributed by atoms with van der Waals surface area (Å²) in [6.45, 7) is 0.521. The molecule has 0 unspecified atom stereocenters. The van der Waals surface area contributed by atoms with Crippen LogP contribution in [0.25, 0.3) is 0 Å². The van der Waals surface area contributed by atoms with Crippen molar-refractivity contribution in [2.45, 2.75) is 18.6 Å². The molecule has 0 radical (unpaired) electrons. The van der Waals surface area contributed by atoms with Gasteiger partial charge in [0.1, 0.15) is 6.04 Å². The highest BCUT2D eigenvalue weighted by molar-refractivity contribution is 5.73. The van der Waals surface area contributed by atoms with Crippen LogP contribution in [0.1, 0.15) is 6.42 Å². The summed E-state index contributed by atoms with van der Waals surface area (Å²) >= 11 is 0. The monoisotopic (exact) mass is 146 g/mol. The van der Waals surface area contributed by atoms with Crippen molar-refractivity contribution in [3.05, 3.63) is 0 Å². The van der Waals surface area contributed by atoms with Crippen molar-refractivity contribution in [1.29, 1.82) is 0 Å². The molecule has 5 nitrogen and oxygen atoms in total. The van der Waals surface area contributed by atoms with Crippen molar-refractivity contribution in [2.75, 3.05) is 6.54 Å². The fraction of sp³-hybridized carbons (Fsp3) is 0.800. The van der Waals surface area contributed by atoms with E-state index < -0.39 is 12.0 Å². The zero-order chi connectivity index (χ0) is 7.56. The van der Waals surface area contributed by atoms with Crippen LogP contribution in [0.3, 0.4) is 0 Å². The molecule has 1 fully saturated rings. The number of carboxylic acid groups (broad SMARTS) is 1. The van der Waals surface area contributed by atoms with Gasteiger partial charge in [0.2, 0.25) is 0 Å². The van der Waals surface area contributed by atoms with Crippen LogP contribution in [0.5, 0.6) is 0 Å². The minimum absolute atomic E-state index is 0.152. The lowest BCUT2D eigenvalue weighted by Crippen LogP contribution is -2.30. The normalized spacial score (nSPS) is 32.5. The Labute approximate surface area is 58.1 Å². The molecular formula is C5H10N2O3. The van der Waals surface area contributed by atoms with E-state index >= 15 is 0 Å². The van der Waals surface area contributed by atoms with E-state index in [1.165, 1.54) is 0 Å². The Morgan fingerprint density at radius 3 is 2.80 bits per heavy atom. The van der Waals surface area contributed by atoms with E-state index in [0.29, 0.717) is 13.0 Å². The van der Waals surface area contributed by atoms with Crippen molar-refractivity contribution in [3.8, 4) is 0 Å². The summed E-state index contributed by atoms with van der Waals surface area (Å²) in [5.41, 5.74) is 0. The Bertz CT molecular complexity index is 139. The topological polar surface area (TPSA) is 84.6 Å². The maximum atomic E-state index is 10.3. The second-order valence-electron chi connectivity index (χ2n) is 2.29. The second-order valence-corrected chi connectivity index (χ2v) is 2.29. The molecule has 1 aliphatic rings. The SMILES string of the molecule is NO[C@@H]1CN[C@@H](C(=O)O)C1. The van der Waals surface area contributed by atoms with E-state index in [1.54, 1.807) is 0 Å². The van der Waals surface area contributed by atoms with Gasteiger partial charge in [-0.1, -0.05) is 0 Å². The molecule has 2 atom stereocenters. The van der Waals surface area contributed by atoms with Crippen LogP contribution in [0.15, 0.2) is 0 Å². The molecule has 0 saturated carbocycles. The Kier molecular flexibility index (Phi) is 2.21. The van der Waals surface area contributed by atoms with Gasteiger partial charge in [0.05, 0.1) is 6.10 Å². The molecule has 0 bridgehead atoms. The maximum absolute atomic E-state index is 10.3. The summed E-state index contributed by atoms with van der Waals surface area (Å²) in [6, 6.07) is -0.492. The average Bonchev–Trinajstić information content (AvgIpc) is 2.34. The van der Waals surface area contributed by atoms with Gasteiger partial charge in [-0.3, -0.25) is 9.63 Å². The molecule has 5 heteroatoms. The molecule has 0 aromatic carbocycles. The highest BCUT2D eigenvalue weighted by atomic mass is 16.6. The second kappa shape index (κ2) is 2.96. The molecule has 4 N–H and O–H groups in total. The summed E-state index contributed by atoms with van der Waals surface area (Å²) in [6.07, 6.45) is 0.298. The van der Waals surface area contributed by atoms with Gasteiger partial charge in [-0.25, -0.2) is 5.90 Å². The number of rotatable bonds is 2. The number of aliphatic carboxylic acids is 1. The van der Waals surface area contributed by atoms with Crippen molar-refractivity contribution in [3.63, 3.8) is 0 Å². The zero-order valence-corrected chi connectivity index (χ0v) is 5.41. The number of hydrogen-bond donors (Lipinski definition) is 3. The van der Waals surface area contributed by atoms with Crippen LogP contribution in [0.2, 0.25) is 0 Å². The number of hydrogen-bond acceptors (Lipinski definition) is 4. The lowest BCUT2D eigenvalue weighted by Gasteiger charge is -2.02. The van der Waals surface area contributed by atoms with Crippen molar-refractivity contribution in [2.24, 2.45) is 5.90 Å². The standard InChI is InChI=1S/C5H10N2O3/c6-10-3-1-4(5(8)9)7-2-3/h3-4,7H,1-2,6H2,(H,8,9)/t3-,4+/m0/s1. The Balaban J connectivity index is 2.35. The smallest absolute Gasteiger partial charge is 0.320 e. The molecule has 1 heterocycles. The van der Waals surface area contributed by atoms with E-state index in [2.05, 4.69) is 10.2 Å². The lowest BCUT2D eigenvalue weighted by molar-refractivity contribution is -0.139. The van der Waals surface area contributed by atoms with Gasteiger partial charge in [-0.05, 0) is 0 Å². The van der Waals surface area contributed by atoms with E-state index in [9.17, 15) is 4.79 Å². The fourth-order valence-electron chi connectivity index (χ4n) is 0.995. The third kappa shape index (κ3) is 1.44. The molecule has 0 aliphatic carbocycles. The molecular weight excluding hydrogens is 136 g/mol. The molecule has 0 spiro atoms. The minimum atomic E-state index is -0.848. The largest absolute Gasteiger partial charge is 0.480 e. The fourth-order valence-corrected chi connectivity index (χ4v) is 0.995. The van der Waals surface area contributed by atoms with Crippen LogP contribution in [-0.2, 0) is 9.63 Å². The minimum Gasteiger partial charge on any atom is -0.480 e. The van der Waals surface area contributed by atoms with E-state index in [-0.39, 0.29) is 6.10 Å². The van der Waals surface area contributed by atoms with Crippen LogP contribution < -0.4 is 11.2 Å². The van der Waals surface area contributed by atoms with Crippen LogP contribution in [0, 0.1) is 0 Å². The van der Waals surface area contributed by atoms with Gasteiger partial charge in [-0.2, -0.15) is 0 Å². The van der Waals surface area contributed by atoms with Crippen LogP contribution in [-0.4, -0.2) is 29.8 Å². The van der Waals surface area contributed by atoms with E-state index in [0.717, 1.165) is 0 Å². The Hall–Kier alpha value is -0.650. The highest BCUT2D eigenvalue weighted by Crippen LogP contribution is 2.07. The van der Waals surface area contributed by atoms with Gasteiger partial charge in [0, 0.05) is 13.0 Å². The molecule has 58 valence electrons. The summed E-state index contributed by atoms with van der Waals surface area (Å²) < 4.78 is 0. The van der Waals surface area contributed by atoms with Crippen LogP contribution >= 0.6 is 0 Å². The molecule has 1 rings (SSSR count). The predicted octanol–water partition coefficient (Wildman–Crippen LogP) is -1.31. The van der Waals surface area contributed by atoms with Crippen molar-refractivity contribution >= 4 is 5.97 Å². The number of carboxylic acids is 1. The highest BCUT2D eigenvalue weighted by Gasteiger charge is 2.29.